The molecule has 118 valence electrons. The van der Waals surface area contributed by atoms with Crippen LogP contribution in [0.3, 0.4) is 0 Å². The van der Waals surface area contributed by atoms with E-state index in [2.05, 4.69) is 15.0 Å². The zero-order valence-corrected chi connectivity index (χ0v) is 12.2. The van der Waals surface area contributed by atoms with Gasteiger partial charge >= 0.3 is 5.97 Å². The van der Waals surface area contributed by atoms with E-state index in [1.54, 1.807) is 24.5 Å². The van der Waals surface area contributed by atoms with E-state index >= 15 is 0 Å². The van der Waals surface area contributed by atoms with Gasteiger partial charge in [-0.25, -0.2) is 4.79 Å². The third kappa shape index (κ3) is 3.88. The average molecular weight is 315 g/mol. The van der Waals surface area contributed by atoms with E-state index in [1.807, 2.05) is 0 Å². The van der Waals surface area contributed by atoms with Crippen LogP contribution in [0.15, 0.2) is 42.7 Å². The Bertz CT molecular complexity index is 746. The van der Waals surface area contributed by atoms with E-state index in [0.29, 0.717) is 0 Å². The van der Waals surface area contributed by atoms with Gasteiger partial charge in [-0.3, -0.25) is 19.9 Å². The molecule has 1 amide bonds. The zero-order valence-electron chi connectivity index (χ0n) is 12.2. The molecule has 0 atom stereocenters. The molecule has 1 aromatic carbocycles. The summed E-state index contributed by atoms with van der Waals surface area (Å²) in [4.78, 5) is 37.9. The summed E-state index contributed by atoms with van der Waals surface area (Å²) >= 11 is 0. The van der Waals surface area contributed by atoms with Crippen LogP contribution in [0.2, 0.25) is 0 Å². The van der Waals surface area contributed by atoms with E-state index < -0.39 is 22.5 Å². The summed E-state index contributed by atoms with van der Waals surface area (Å²) in [6, 6.07) is 7.03. The summed E-state index contributed by atoms with van der Waals surface area (Å²) in [5.41, 5.74) is 0.167. The van der Waals surface area contributed by atoms with Gasteiger partial charge in [-0.15, -0.1) is 0 Å². The molecule has 23 heavy (non-hydrogen) atoms. The van der Waals surface area contributed by atoms with E-state index in [9.17, 15) is 19.7 Å². The van der Waals surface area contributed by atoms with Crippen molar-refractivity contribution in [3.8, 4) is 0 Å². The van der Waals surface area contributed by atoms with Gasteiger partial charge in [0.25, 0.3) is 11.6 Å². The third-order valence-corrected chi connectivity index (χ3v) is 3.04. The number of rotatable bonds is 5. The minimum atomic E-state index is -0.717. The number of methoxy groups -OCH3 is 1. The molecule has 1 aromatic heterocycles. The first-order chi connectivity index (χ1) is 11.0. The Hall–Kier alpha value is -3.29. The maximum atomic E-state index is 12.1. The number of amides is 1. The van der Waals surface area contributed by atoms with Crippen LogP contribution in [-0.4, -0.2) is 28.9 Å². The Morgan fingerprint density at radius 3 is 2.74 bits per heavy atom. The normalized spacial score (nSPS) is 9.96. The van der Waals surface area contributed by atoms with Gasteiger partial charge in [-0.2, -0.15) is 0 Å². The number of aromatic nitrogens is 1. The van der Waals surface area contributed by atoms with Crippen molar-refractivity contribution in [3.63, 3.8) is 0 Å². The number of nitro groups is 1. The lowest BCUT2D eigenvalue weighted by atomic mass is 10.1. The molecule has 0 aliphatic carbocycles. The fraction of sp³-hybridized carbons (Fsp3) is 0.133. The number of carbonyl (C=O) groups excluding carboxylic acids is 2. The molecule has 0 bridgehead atoms. The maximum absolute atomic E-state index is 12.1. The van der Waals surface area contributed by atoms with Crippen LogP contribution in [0.5, 0.6) is 0 Å². The molecule has 2 aromatic rings. The lowest BCUT2D eigenvalue weighted by molar-refractivity contribution is -0.385. The zero-order chi connectivity index (χ0) is 16.8. The summed E-state index contributed by atoms with van der Waals surface area (Å²) in [5, 5.41) is 13.7. The predicted octanol–water partition coefficient (Wildman–Crippen LogP) is 1.71. The summed E-state index contributed by atoms with van der Waals surface area (Å²) in [5.74, 6) is -1.33. The number of esters is 1. The molecule has 0 radical (unpaired) electrons. The number of hydrogen-bond donors (Lipinski definition) is 1. The number of hydrogen-bond acceptors (Lipinski definition) is 6. The smallest absolute Gasteiger partial charge is 0.338 e. The van der Waals surface area contributed by atoms with Gasteiger partial charge in [-0.1, -0.05) is 6.07 Å². The van der Waals surface area contributed by atoms with Crippen molar-refractivity contribution >= 4 is 17.6 Å². The van der Waals surface area contributed by atoms with Gasteiger partial charge in [0.1, 0.15) is 5.56 Å². The second-order valence-corrected chi connectivity index (χ2v) is 4.52. The van der Waals surface area contributed by atoms with Crippen molar-refractivity contribution in [1.29, 1.82) is 0 Å². The SMILES string of the molecule is COC(=O)c1ccc(C(=O)NCc2cccnc2)c([N+](=O)[O-])c1. The quantitative estimate of drug-likeness (QED) is 0.510. The Labute approximate surface area is 131 Å². The molecule has 1 heterocycles. The van der Waals surface area contributed by atoms with Crippen LogP contribution in [-0.2, 0) is 11.3 Å². The van der Waals surface area contributed by atoms with Crippen LogP contribution in [0, 0.1) is 10.1 Å². The van der Waals surface area contributed by atoms with Crippen LogP contribution in [0.4, 0.5) is 5.69 Å². The number of nitro benzene ring substituents is 1. The number of nitrogens with zero attached hydrogens (tertiary/aromatic N) is 2. The highest BCUT2D eigenvalue weighted by atomic mass is 16.6. The van der Waals surface area contributed by atoms with Crippen molar-refractivity contribution in [2.75, 3.05) is 7.11 Å². The fourth-order valence-electron chi connectivity index (χ4n) is 1.90. The highest BCUT2D eigenvalue weighted by Gasteiger charge is 2.22. The van der Waals surface area contributed by atoms with Gasteiger partial charge in [0.2, 0.25) is 0 Å². The van der Waals surface area contributed by atoms with Crippen LogP contribution in [0.25, 0.3) is 0 Å². The topological polar surface area (TPSA) is 111 Å². The first kappa shape index (κ1) is 16.1. The van der Waals surface area contributed by atoms with Crippen molar-refractivity contribution in [2.24, 2.45) is 0 Å². The van der Waals surface area contributed by atoms with E-state index in [4.69, 9.17) is 0 Å². The van der Waals surface area contributed by atoms with E-state index in [1.165, 1.54) is 19.2 Å². The van der Waals surface area contributed by atoms with Crippen molar-refractivity contribution in [3.05, 3.63) is 69.5 Å². The number of ether oxygens (including phenoxy) is 1. The van der Waals surface area contributed by atoms with Gasteiger partial charge in [0.05, 0.1) is 17.6 Å². The summed E-state index contributed by atoms with van der Waals surface area (Å²) in [7, 11) is 1.17. The number of carbonyl (C=O) groups is 2. The molecule has 8 heteroatoms. The standard InChI is InChI=1S/C15H13N3O5/c1-23-15(20)11-4-5-12(13(7-11)18(21)22)14(19)17-9-10-3-2-6-16-8-10/h2-8H,9H2,1H3,(H,17,19). The van der Waals surface area contributed by atoms with E-state index in [-0.39, 0.29) is 17.7 Å². The Morgan fingerprint density at radius 2 is 2.13 bits per heavy atom. The molecule has 0 aliphatic rings. The largest absolute Gasteiger partial charge is 0.465 e. The summed E-state index contributed by atoms with van der Waals surface area (Å²) < 4.78 is 4.51. The summed E-state index contributed by atoms with van der Waals surface area (Å²) in [6.07, 6.45) is 3.18. The predicted molar refractivity (Wildman–Crippen MR) is 79.8 cm³/mol. The Kier molecular flexibility index (Phi) is 4.98. The van der Waals surface area contributed by atoms with Crippen LogP contribution in [0.1, 0.15) is 26.3 Å². The van der Waals surface area contributed by atoms with Crippen LogP contribution < -0.4 is 5.32 Å². The van der Waals surface area contributed by atoms with Gasteiger partial charge in [-0.05, 0) is 23.8 Å². The number of nitrogens with one attached hydrogen (secondary N) is 1. The van der Waals surface area contributed by atoms with Crippen LogP contribution >= 0.6 is 0 Å². The highest BCUT2D eigenvalue weighted by molar-refractivity contribution is 6.00. The molecule has 0 unspecified atom stereocenters. The Morgan fingerprint density at radius 1 is 1.35 bits per heavy atom. The number of pyridine rings is 1. The van der Waals surface area contributed by atoms with Crippen molar-refractivity contribution in [1.82, 2.24) is 10.3 Å². The third-order valence-electron chi connectivity index (χ3n) is 3.04. The molecule has 2 rings (SSSR count). The summed E-state index contributed by atoms with van der Waals surface area (Å²) in [6.45, 7) is 0.183. The lowest BCUT2D eigenvalue weighted by Gasteiger charge is -2.07. The Balaban J connectivity index is 2.22. The molecule has 0 fully saturated rings. The molecule has 0 saturated carbocycles. The van der Waals surface area contributed by atoms with Crippen molar-refractivity contribution in [2.45, 2.75) is 6.54 Å². The fourth-order valence-corrected chi connectivity index (χ4v) is 1.90. The molecule has 1 N–H and O–H groups in total. The van der Waals surface area contributed by atoms with Gasteiger partial charge < -0.3 is 10.1 Å². The highest BCUT2D eigenvalue weighted by Crippen LogP contribution is 2.21. The first-order valence-electron chi connectivity index (χ1n) is 6.56. The van der Waals surface area contributed by atoms with Gasteiger partial charge in [0.15, 0.2) is 0 Å². The minimum absolute atomic E-state index is 0.00279. The maximum Gasteiger partial charge on any atom is 0.338 e. The molecular weight excluding hydrogens is 302 g/mol. The lowest BCUT2D eigenvalue weighted by Crippen LogP contribution is -2.24. The monoisotopic (exact) mass is 315 g/mol. The minimum Gasteiger partial charge on any atom is -0.465 e. The molecule has 8 nitrogen and oxygen atoms in total. The molecule has 0 saturated heterocycles. The molecule has 0 spiro atoms. The molecule has 0 aliphatic heterocycles. The number of benzene rings is 1. The van der Waals surface area contributed by atoms with Gasteiger partial charge in [0, 0.05) is 25.0 Å². The van der Waals surface area contributed by atoms with E-state index in [0.717, 1.165) is 11.6 Å². The second kappa shape index (κ2) is 7.12. The molecular formula is C15H13N3O5. The van der Waals surface area contributed by atoms with Crippen molar-refractivity contribution < 1.29 is 19.2 Å². The second-order valence-electron chi connectivity index (χ2n) is 4.52. The average Bonchev–Trinajstić information content (AvgIpc) is 2.59. The first-order valence-corrected chi connectivity index (χ1v) is 6.56.